The third kappa shape index (κ3) is 11.0. The van der Waals surface area contributed by atoms with Crippen LogP contribution in [0.4, 0.5) is 0 Å². The molecule has 0 radical (unpaired) electrons. The second-order valence-corrected chi connectivity index (χ2v) is 11.5. The van der Waals surface area contributed by atoms with Crippen LogP contribution < -0.4 is 14.0 Å². The number of halogens is 1. The average molecular weight is 608 g/mol. The van der Waals surface area contributed by atoms with Crippen LogP contribution in [0.15, 0.2) is 66.9 Å². The minimum absolute atomic E-state index is 0.0852. The number of pyridine rings is 1. The summed E-state index contributed by atoms with van der Waals surface area (Å²) in [5.41, 5.74) is 1.42. The summed E-state index contributed by atoms with van der Waals surface area (Å²) in [5.74, 6) is 0.0459. The first kappa shape index (κ1) is 34.1. The van der Waals surface area contributed by atoms with Crippen LogP contribution in [0.5, 0.6) is 11.5 Å². The maximum atomic E-state index is 13.8. The SMILES string of the molecule is CCCCCCCCCCCCCCOc1ccc(C(=O)N(Cc2cccc[n+]2C)C(=O)c2ccccc2OC)cc1Cl. The molecule has 0 saturated heterocycles. The first-order valence-electron chi connectivity index (χ1n) is 15.8. The molecule has 0 fully saturated rings. The van der Waals surface area contributed by atoms with Crippen molar-refractivity contribution >= 4 is 23.4 Å². The highest BCUT2D eigenvalue weighted by Gasteiger charge is 2.29. The van der Waals surface area contributed by atoms with Crippen molar-refractivity contribution in [2.75, 3.05) is 13.7 Å². The summed E-state index contributed by atoms with van der Waals surface area (Å²) < 4.78 is 13.2. The fourth-order valence-electron chi connectivity index (χ4n) is 5.12. The van der Waals surface area contributed by atoms with Gasteiger partial charge in [-0.15, -0.1) is 0 Å². The first-order chi connectivity index (χ1) is 21.0. The van der Waals surface area contributed by atoms with Gasteiger partial charge in [-0.3, -0.25) is 14.5 Å². The number of aryl methyl sites for hydroxylation is 1. The van der Waals surface area contributed by atoms with Gasteiger partial charge in [0.15, 0.2) is 6.20 Å². The lowest BCUT2D eigenvalue weighted by Gasteiger charge is -2.21. The van der Waals surface area contributed by atoms with E-state index in [1.54, 1.807) is 42.5 Å². The minimum Gasteiger partial charge on any atom is -0.496 e. The molecule has 0 atom stereocenters. The fraction of sp³-hybridized carbons (Fsp3) is 0.472. The number of nitrogens with zero attached hydrogens (tertiary/aromatic N) is 2. The van der Waals surface area contributed by atoms with Gasteiger partial charge in [-0.25, -0.2) is 4.57 Å². The van der Waals surface area contributed by atoms with Crippen LogP contribution in [0.3, 0.4) is 0 Å². The maximum Gasteiger partial charge on any atom is 0.265 e. The standard InChI is InChI=1S/C36H48ClN2O4/c1-4-5-6-7-8-9-10-11-12-13-14-19-26-43-34-24-23-29(27-32(34)37)35(40)39(28-30-20-17-18-25-38(30)2)36(41)31-21-15-16-22-33(31)42-3/h15-18,20-25,27H,4-14,19,26,28H2,1-3H3/q+1. The molecule has 43 heavy (non-hydrogen) atoms. The second-order valence-electron chi connectivity index (χ2n) is 11.1. The second kappa shape index (κ2) is 19.0. The van der Waals surface area contributed by atoms with Crippen LogP contribution in [-0.4, -0.2) is 30.4 Å². The fourth-order valence-corrected chi connectivity index (χ4v) is 5.35. The molecule has 1 aromatic heterocycles. The summed E-state index contributed by atoms with van der Waals surface area (Å²) in [5, 5.41) is 0.347. The van der Waals surface area contributed by atoms with Crippen LogP contribution in [-0.2, 0) is 13.6 Å². The lowest BCUT2D eigenvalue weighted by molar-refractivity contribution is -0.679. The number of benzene rings is 2. The molecule has 2 aromatic carbocycles. The third-order valence-electron chi connectivity index (χ3n) is 7.74. The number of rotatable bonds is 19. The predicted octanol–water partition coefficient (Wildman–Crippen LogP) is 8.74. The Kier molecular flexibility index (Phi) is 15.1. The van der Waals surface area contributed by atoms with Gasteiger partial charge >= 0.3 is 0 Å². The number of para-hydroxylation sites is 1. The molecule has 0 spiro atoms. The Morgan fingerprint density at radius 3 is 2.02 bits per heavy atom. The number of aromatic nitrogens is 1. The van der Waals surface area contributed by atoms with Crippen LogP contribution >= 0.6 is 11.6 Å². The predicted molar refractivity (Wildman–Crippen MR) is 173 cm³/mol. The van der Waals surface area contributed by atoms with E-state index < -0.39 is 11.8 Å². The van der Waals surface area contributed by atoms with E-state index >= 15 is 0 Å². The van der Waals surface area contributed by atoms with Crippen molar-refractivity contribution in [3.8, 4) is 11.5 Å². The zero-order valence-corrected chi connectivity index (χ0v) is 26.9. The summed E-state index contributed by atoms with van der Waals surface area (Å²) in [7, 11) is 3.39. The smallest absolute Gasteiger partial charge is 0.265 e. The number of carbonyl (C=O) groups excluding carboxylic acids is 2. The Balaban J connectivity index is 1.55. The average Bonchev–Trinajstić information content (AvgIpc) is 3.02. The molecule has 3 rings (SSSR count). The van der Waals surface area contributed by atoms with Gasteiger partial charge in [0.25, 0.3) is 11.8 Å². The molecule has 0 unspecified atom stereocenters. The van der Waals surface area contributed by atoms with E-state index in [-0.39, 0.29) is 6.54 Å². The topological polar surface area (TPSA) is 59.7 Å². The monoisotopic (exact) mass is 607 g/mol. The lowest BCUT2D eigenvalue weighted by atomic mass is 10.1. The Morgan fingerprint density at radius 1 is 0.767 bits per heavy atom. The molecule has 6 nitrogen and oxygen atoms in total. The zero-order valence-electron chi connectivity index (χ0n) is 26.2. The van der Waals surface area contributed by atoms with E-state index in [1.165, 1.54) is 76.2 Å². The van der Waals surface area contributed by atoms with E-state index in [0.29, 0.717) is 34.3 Å². The van der Waals surface area contributed by atoms with Crippen molar-refractivity contribution in [1.29, 1.82) is 0 Å². The van der Waals surface area contributed by atoms with Crippen molar-refractivity contribution in [2.45, 2.75) is 90.5 Å². The minimum atomic E-state index is -0.450. The summed E-state index contributed by atoms with van der Waals surface area (Å²) in [6.07, 6.45) is 17.3. The van der Waals surface area contributed by atoms with E-state index in [1.807, 2.05) is 36.0 Å². The number of amides is 2. The molecule has 0 aliphatic heterocycles. The molecular formula is C36H48ClN2O4+. The summed E-state index contributed by atoms with van der Waals surface area (Å²) in [6, 6.07) is 17.5. The van der Waals surface area contributed by atoms with Gasteiger partial charge in [-0.2, -0.15) is 0 Å². The van der Waals surface area contributed by atoms with Crippen molar-refractivity contribution in [1.82, 2.24) is 4.90 Å². The van der Waals surface area contributed by atoms with E-state index in [9.17, 15) is 9.59 Å². The van der Waals surface area contributed by atoms with E-state index in [2.05, 4.69) is 6.92 Å². The highest BCUT2D eigenvalue weighted by atomic mass is 35.5. The van der Waals surface area contributed by atoms with Gasteiger partial charge in [0, 0.05) is 17.7 Å². The molecule has 1 heterocycles. The number of carbonyl (C=O) groups is 2. The van der Waals surface area contributed by atoms with Crippen LogP contribution in [0.2, 0.25) is 5.02 Å². The highest BCUT2D eigenvalue weighted by molar-refractivity contribution is 6.32. The van der Waals surface area contributed by atoms with Gasteiger partial charge in [0.1, 0.15) is 25.1 Å². The van der Waals surface area contributed by atoms with Crippen molar-refractivity contribution in [3.05, 3.63) is 88.7 Å². The number of hydrogen-bond donors (Lipinski definition) is 0. The van der Waals surface area contributed by atoms with Gasteiger partial charge in [-0.05, 0) is 36.8 Å². The van der Waals surface area contributed by atoms with Crippen molar-refractivity contribution in [3.63, 3.8) is 0 Å². The molecule has 0 aliphatic rings. The number of ether oxygens (including phenoxy) is 2. The normalized spacial score (nSPS) is 10.9. The van der Waals surface area contributed by atoms with Crippen molar-refractivity contribution in [2.24, 2.45) is 7.05 Å². The molecule has 0 N–H and O–H groups in total. The number of hydrogen-bond acceptors (Lipinski definition) is 4. The largest absolute Gasteiger partial charge is 0.496 e. The van der Waals surface area contributed by atoms with Gasteiger partial charge in [-0.1, -0.05) is 107 Å². The molecule has 2 amide bonds. The molecule has 232 valence electrons. The maximum absolute atomic E-state index is 13.8. The zero-order chi connectivity index (χ0) is 30.9. The van der Waals surface area contributed by atoms with Crippen LogP contribution in [0, 0.1) is 0 Å². The summed E-state index contributed by atoms with van der Waals surface area (Å²) in [4.78, 5) is 28.7. The molecule has 0 saturated carbocycles. The summed E-state index contributed by atoms with van der Waals surface area (Å²) >= 11 is 6.55. The van der Waals surface area contributed by atoms with E-state index in [4.69, 9.17) is 21.1 Å². The number of unbranched alkanes of at least 4 members (excludes halogenated alkanes) is 11. The molecule has 3 aromatic rings. The number of methoxy groups -OCH3 is 1. The lowest BCUT2D eigenvalue weighted by Crippen LogP contribution is -2.42. The highest BCUT2D eigenvalue weighted by Crippen LogP contribution is 2.28. The first-order valence-corrected chi connectivity index (χ1v) is 16.2. The number of imide groups is 1. The Labute approximate surface area is 263 Å². The van der Waals surface area contributed by atoms with Crippen LogP contribution in [0.25, 0.3) is 0 Å². The van der Waals surface area contributed by atoms with Gasteiger partial charge < -0.3 is 9.47 Å². The Bertz CT molecular complexity index is 1300. The third-order valence-corrected chi connectivity index (χ3v) is 8.04. The van der Waals surface area contributed by atoms with E-state index in [0.717, 1.165) is 18.5 Å². The quantitative estimate of drug-likeness (QED) is 0.0776. The van der Waals surface area contributed by atoms with Crippen molar-refractivity contribution < 1.29 is 23.6 Å². The summed E-state index contributed by atoms with van der Waals surface area (Å²) in [6.45, 7) is 2.92. The molecular weight excluding hydrogens is 560 g/mol. The van der Waals surface area contributed by atoms with Gasteiger partial charge in [0.2, 0.25) is 5.69 Å². The Morgan fingerprint density at radius 2 is 1.40 bits per heavy atom. The molecule has 0 aliphatic carbocycles. The van der Waals surface area contributed by atoms with Gasteiger partial charge in [0.05, 0.1) is 24.3 Å². The Hall–Kier alpha value is -3.38. The molecule has 0 bridgehead atoms. The molecule has 7 heteroatoms. The van der Waals surface area contributed by atoms with Crippen LogP contribution in [0.1, 0.15) is 110 Å².